The first-order valence-electron chi connectivity index (χ1n) is 8.60. The number of esters is 2. The van der Waals surface area contributed by atoms with Gasteiger partial charge in [0.25, 0.3) is 0 Å². The molecule has 0 saturated heterocycles. The van der Waals surface area contributed by atoms with E-state index in [4.69, 9.17) is 20.2 Å². The zero-order chi connectivity index (χ0) is 16.5. The minimum atomic E-state index is -0.324. The lowest BCUT2D eigenvalue weighted by Gasteiger charge is -2.24. The fourth-order valence-electron chi connectivity index (χ4n) is 3.20. The number of carbonyl (C=O) groups excluding carboxylic acids is 2. The number of hydrogen-bond donors (Lipinski definition) is 0. The number of rotatable bonds is 7. The van der Waals surface area contributed by atoms with Crippen molar-refractivity contribution in [3.63, 3.8) is 0 Å². The highest BCUT2D eigenvalue weighted by molar-refractivity contribution is 8.19. The van der Waals surface area contributed by atoms with Crippen LogP contribution < -0.4 is 0 Å². The van der Waals surface area contributed by atoms with E-state index in [1.54, 1.807) is 0 Å². The Kier molecular flexibility index (Phi) is 8.55. The number of carbonyl (C=O) groups is 2. The maximum Gasteiger partial charge on any atom is 0.321 e. The van der Waals surface area contributed by atoms with Gasteiger partial charge in [-0.15, -0.1) is 0 Å². The van der Waals surface area contributed by atoms with Crippen molar-refractivity contribution in [1.82, 2.24) is 4.31 Å². The Morgan fingerprint density at radius 2 is 1.22 bits per heavy atom. The number of ether oxygens (including phenoxy) is 2. The van der Waals surface area contributed by atoms with Crippen molar-refractivity contribution in [2.75, 3.05) is 13.1 Å². The molecule has 2 aliphatic carbocycles. The molecule has 0 aromatic rings. The lowest BCUT2D eigenvalue weighted by molar-refractivity contribution is -0.153. The zero-order valence-corrected chi connectivity index (χ0v) is 15.1. The Morgan fingerprint density at radius 1 is 0.826 bits per heavy atom. The highest BCUT2D eigenvalue weighted by Gasteiger charge is 2.23. The van der Waals surface area contributed by atoms with Crippen LogP contribution in [0, 0.1) is 0 Å². The highest BCUT2D eigenvalue weighted by atomic mass is 35.7. The monoisotopic (exact) mass is 363 g/mol. The van der Waals surface area contributed by atoms with Crippen molar-refractivity contribution in [3.8, 4) is 0 Å². The van der Waals surface area contributed by atoms with E-state index in [2.05, 4.69) is 0 Å². The summed E-state index contributed by atoms with van der Waals surface area (Å²) < 4.78 is 12.4. The van der Waals surface area contributed by atoms with Crippen molar-refractivity contribution in [3.05, 3.63) is 0 Å². The lowest BCUT2D eigenvalue weighted by atomic mass is 9.98. The molecule has 0 aliphatic heterocycles. The summed E-state index contributed by atoms with van der Waals surface area (Å²) in [7, 11) is 5.77. The molecule has 2 rings (SSSR count). The van der Waals surface area contributed by atoms with Crippen LogP contribution in [-0.4, -0.2) is 41.5 Å². The largest absolute Gasteiger partial charge is 0.461 e. The van der Waals surface area contributed by atoms with Gasteiger partial charge in [-0.2, -0.15) is 0 Å². The van der Waals surface area contributed by atoms with Crippen LogP contribution in [0.1, 0.15) is 64.2 Å². The predicted molar refractivity (Wildman–Crippen MR) is 90.9 cm³/mol. The summed E-state index contributed by atoms with van der Waals surface area (Å²) in [6, 6.07) is 0. The maximum absolute atomic E-state index is 12.0. The van der Waals surface area contributed by atoms with Crippen LogP contribution in [0.2, 0.25) is 0 Å². The van der Waals surface area contributed by atoms with Crippen LogP contribution in [0.5, 0.6) is 0 Å². The molecule has 2 aliphatic rings. The van der Waals surface area contributed by atoms with Gasteiger partial charge in [-0.25, -0.2) is 4.31 Å². The molecule has 0 N–H and O–H groups in total. The molecule has 0 spiro atoms. The predicted octanol–water partition coefficient (Wildman–Crippen LogP) is 3.84. The Bertz CT molecular complexity index is 350. The van der Waals surface area contributed by atoms with Crippen LogP contribution in [0.3, 0.4) is 0 Å². The number of nitrogens with zero attached hydrogens (tertiary/aromatic N) is 1. The molecule has 0 amide bonds. The van der Waals surface area contributed by atoms with Gasteiger partial charge in [0.2, 0.25) is 0 Å². The molecule has 5 nitrogen and oxygen atoms in total. The van der Waals surface area contributed by atoms with Gasteiger partial charge in [-0.05, 0) is 62.0 Å². The van der Waals surface area contributed by atoms with E-state index in [9.17, 15) is 9.59 Å². The topological polar surface area (TPSA) is 55.8 Å². The Balaban J connectivity index is 1.68. The molecule has 2 fully saturated rings. The standard InChI is InChI=1S/C16H26ClNO4S/c17-23-18(11-15(19)21-13-7-3-1-4-8-13)12-16(20)22-14-9-5-2-6-10-14/h13-14H,1-12H2. The number of hydrogen-bond acceptors (Lipinski definition) is 6. The first kappa shape index (κ1) is 18.9. The second kappa shape index (κ2) is 10.4. The molecule has 132 valence electrons. The van der Waals surface area contributed by atoms with Gasteiger partial charge in [-0.3, -0.25) is 9.59 Å². The quantitative estimate of drug-likeness (QED) is 0.506. The molecule has 0 bridgehead atoms. The minimum Gasteiger partial charge on any atom is -0.461 e. The summed E-state index contributed by atoms with van der Waals surface area (Å²) in [5, 5.41) is 0. The van der Waals surface area contributed by atoms with Gasteiger partial charge in [-0.1, -0.05) is 12.8 Å². The smallest absolute Gasteiger partial charge is 0.321 e. The zero-order valence-electron chi connectivity index (χ0n) is 13.5. The third-order valence-electron chi connectivity index (χ3n) is 4.41. The molecule has 23 heavy (non-hydrogen) atoms. The molecule has 7 heteroatoms. The molecule has 0 heterocycles. The molecular weight excluding hydrogens is 338 g/mol. The van der Waals surface area contributed by atoms with E-state index in [-0.39, 0.29) is 37.2 Å². The van der Waals surface area contributed by atoms with Crippen LogP contribution in [0.15, 0.2) is 0 Å². The summed E-state index contributed by atoms with van der Waals surface area (Å²) in [6.45, 7) is 0.00880. The second-order valence-corrected chi connectivity index (χ2v) is 7.44. The van der Waals surface area contributed by atoms with E-state index < -0.39 is 0 Å². The molecule has 2 saturated carbocycles. The average Bonchev–Trinajstić information content (AvgIpc) is 2.56. The second-order valence-electron chi connectivity index (χ2n) is 6.37. The molecule has 0 atom stereocenters. The summed E-state index contributed by atoms with van der Waals surface area (Å²) >= 11 is 0.855. The van der Waals surface area contributed by atoms with Crippen LogP contribution in [0.4, 0.5) is 0 Å². The van der Waals surface area contributed by atoms with Crippen molar-refractivity contribution in [1.29, 1.82) is 0 Å². The summed E-state index contributed by atoms with van der Waals surface area (Å²) in [5.74, 6) is -0.647. The summed E-state index contributed by atoms with van der Waals surface area (Å²) in [6.07, 6.45) is 10.6. The summed E-state index contributed by atoms with van der Waals surface area (Å²) in [5.41, 5.74) is 0. The van der Waals surface area contributed by atoms with Gasteiger partial charge < -0.3 is 9.47 Å². The minimum absolute atomic E-state index is 0.00440. The Hall–Kier alpha value is -0.460. The fraction of sp³-hybridized carbons (Fsp3) is 0.875. The molecule has 0 aromatic carbocycles. The van der Waals surface area contributed by atoms with Gasteiger partial charge in [0.15, 0.2) is 0 Å². The fourth-order valence-corrected chi connectivity index (χ4v) is 3.81. The summed E-state index contributed by atoms with van der Waals surface area (Å²) in [4.78, 5) is 23.9. The SMILES string of the molecule is O=C(CN(CC(=O)OC1CCCCC1)SCl)OC1CCCCC1. The van der Waals surface area contributed by atoms with Crippen molar-refractivity contribution >= 4 is 33.8 Å². The van der Waals surface area contributed by atoms with Crippen LogP contribution in [0.25, 0.3) is 0 Å². The van der Waals surface area contributed by atoms with Gasteiger partial charge in [0.1, 0.15) is 25.3 Å². The Morgan fingerprint density at radius 3 is 1.57 bits per heavy atom. The van der Waals surface area contributed by atoms with E-state index in [0.29, 0.717) is 0 Å². The molecule has 0 unspecified atom stereocenters. The number of halogens is 1. The third-order valence-corrected chi connectivity index (χ3v) is 5.45. The third kappa shape index (κ3) is 7.31. The van der Waals surface area contributed by atoms with Crippen molar-refractivity contribution in [2.45, 2.75) is 76.4 Å². The van der Waals surface area contributed by atoms with E-state index >= 15 is 0 Å². The van der Waals surface area contributed by atoms with Crippen molar-refractivity contribution in [2.24, 2.45) is 0 Å². The first-order chi connectivity index (χ1) is 11.2. The molecule has 0 aromatic heterocycles. The normalized spacial score (nSPS) is 20.4. The first-order valence-corrected chi connectivity index (χ1v) is 10.2. The van der Waals surface area contributed by atoms with Crippen LogP contribution >= 0.6 is 21.8 Å². The van der Waals surface area contributed by atoms with Crippen molar-refractivity contribution < 1.29 is 19.1 Å². The van der Waals surface area contributed by atoms with E-state index in [1.807, 2.05) is 0 Å². The average molecular weight is 364 g/mol. The maximum atomic E-state index is 12.0. The Labute approximate surface area is 147 Å². The van der Waals surface area contributed by atoms with Gasteiger partial charge in [0.05, 0.1) is 0 Å². The van der Waals surface area contributed by atoms with E-state index in [1.165, 1.54) is 17.1 Å². The molecule has 0 radical (unpaired) electrons. The highest BCUT2D eigenvalue weighted by Crippen LogP contribution is 2.23. The van der Waals surface area contributed by atoms with E-state index in [0.717, 1.165) is 62.5 Å². The van der Waals surface area contributed by atoms with Gasteiger partial charge in [0, 0.05) is 11.2 Å². The van der Waals surface area contributed by atoms with Gasteiger partial charge >= 0.3 is 11.9 Å². The van der Waals surface area contributed by atoms with Crippen LogP contribution in [-0.2, 0) is 19.1 Å². The lowest BCUT2D eigenvalue weighted by Crippen LogP contribution is -2.34. The molecular formula is C16H26ClNO4S.